The maximum Gasteiger partial charge on any atom is 0.187 e. The van der Waals surface area contributed by atoms with Crippen LogP contribution in [0.4, 0.5) is 0 Å². The minimum atomic E-state index is -2.14. The fourth-order valence-corrected chi connectivity index (χ4v) is 10.7. The van der Waals surface area contributed by atoms with Gasteiger partial charge < -0.3 is 170 Å². The van der Waals surface area contributed by atoms with Gasteiger partial charge >= 0.3 is 0 Å². The molecule has 0 amide bonds. The minimum absolute atomic E-state index is 0.120. The zero-order valence-corrected chi connectivity index (χ0v) is 44.1. The molecule has 0 aromatic heterocycles. The molecule has 7 aliphatic heterocycles. The molecule has 0 spiro atoms. The normalized spacial score (nSPS) is 51.9. The predicted molar refractivity (Wildman–Crippen MR) is 256 cm³/mol. The van der Waals surface area contributed by atoms with Gasteiger partial charge in [0.2, 0.25) is 0 Å². The quantitative estimate of drug-likeness (QED) is 0.0448. The molecule has 22 N–H and O–H groups in total. The van der Waals surface area contributed by atoms with Crippen molar-refractivity contribution in [3.8, 4) is 0 Å². The molecule has 34 heteroatoms. The fraction of sp³-hybridized carbons (Fsp3) is 0.957. The number of nitrogens with two attached hydrogens (primary N) is 2. The molecule has 7 aliphatic rings. The molecule has 472 valence electrons. The zero-order chi connectivity index (χ0) is 59.5. The molecular formula is C47H82N2O32. The molecule has 21 unspecified atom stereocenters. The van der Waals surface area contributed by atoms with Gasteiger partial charge in [0.15, 0.2) is 37.7 Å². The Morgan fingerprint density at radius 3 is 1.33 bits per heavy atom. The maximum atomic E-state index is 11.9. The predicted octanol–water partition coefficient (Wildman–Crippen LogP) is -12.6. The van der Waals surface area contributed by atoms with E-state index in [1.165, 1.54) is 19.9 Å². The topological polar surface area (TPSA) is 545 Å². The van der Waals surface area contributed by atoms with Gasteiger partial charge in [-0.05, 0) is 20.3 Å². The van der Waals surface area contributed by atoms with E-state index in [9.17, 15) is 91.9 Å². The number of ether oxygens (including phenoxy) is 14. The second kappa shape index (κ2) is 29.4. The lowest BCUT2D eigenvalue weighted by Crippen LogP contribution is -2.70. The lowest BCUT2D eigenvalue weighted by Gasteiger charge is -2.51. The summed E-state index contributed by atoms with van der Waals surface area (Å²) in [4.78, 5) is 0. The van der Waals surface area contributed by atoms with Crippen molar-refractivity contribution in [3.05, 3.63) is 12.7 Å². The van der Waals surface area contributed by atoms with Crippen molar-refractivity contribution < 1.29 is 158 Å². The van der Waals surface area contributed by atoms with E-state index in [0.717, 1.165) is 0 Å². The lowest BCUT2D eigenvalue weighted by molar-refractivity contribution is -0.392. The fourth-order valence-electron chi connectivity index (χ4n) is 10.7. The molecule has 7 rings (SSSR count). The Morgan fingerprint density at radius 1 is 0.346 bits per heavy atom. The second-order valence-electron chi connectivity index (χ2n) is 21.0. The van der Waals surface area contributed by atoms with E-state index in [2.05, 4.69) is 6.58 Å². The first-order chi connectivity index (χ1) is 38.5. The first-order valence-electron chi connectivity index (χ1n) is 26.6. The minimum Gasteiger partial charge on any atom is -0.394 e. The van der Waals surface area contributed by atoms with Crippen molar-refractivity contribution in [1.82, 2.24) is 0 Å². The highest BCUT2D eigenvalue weighted by Gasteiger charge is 2.58. The third kappa shape index (κ3) is 14.4. The Labute approximate surface area is 462 Å². The summed E-state index contributed by atoms with van der Waals surface area (Å²) in [6, 6.07) is -3.30. The van der Waals surface area contributed by atoms with E-state index in [1.807, 2.05) is 0 Å². The number of hydrogen-bond donors (Lipinski definition) is 20. The summed E-state index contributed by atoms with van der Waals surface area (Å²) in [5.41, 5.74) is 13.2. The standard InChI is InChI=1S/C47H82N2O32/c1-4-6-69-44-34(66)39(27(59)17(9-51)72-44)79-42-21(48)29(61)36(19(11-53)75-42)77-46-35(67)40(28(60)18(10-52)73-46)80-43-22(49)38(68-7-5-15-25(57)30(62)23(55)13(2)70-15)37(20(12-54)76-43)78-47-41(32(64)26(58)16(8-50)74-47)81-45-33(65)31(63)24(56)14(3)71-45/h4,13-47,50-67H,1,5-12,48-49H2,2-3H3/t13?,14?,15-,16?,17?,18?,19?,20?,21?,22?,23-,24+,25?,26+,27+,28+,29?,30?,31?,32?,33?,34?,35?,36+,37+,38?,39?,40?,41?,42+,43+,44-,45+,46+,47+/m1/s1. The van der Waals surface area contributed by atoms with Crippen LogP contribution in [0.1, 0.15) is 20.3 Å². The van der Waals surface area contributed by atoms with Gasteiger partial charge in [-0.1, -0.05) is 6.08 Å². The largest absolute Gasteiger partial charge is 0.394 e. The highest BCUT2D eigenvalue weighted by molar-refractivity contribution is 5.02. The molecule has 0 aliphatic carbocycles. The highest BCUT2D eigenvalue weighted by atomic mass is 16.8. The van der Waals surface area contributed by atoms with E-state index >= 15 is 0 Å². The van der Waals surface area contributed by atoms with E-state index in [-0.39, 0.29) is 13.0 Å². The molecule has 7 saturated heterocycles. The Morgan fingerprint density at radius 2 is 0.765 bits per heavy atom. The Bertz CT molecular complexity index is 1910. The number of rotatable bonds is 22. The van der Waals surface area contributed by atoms with Crippen LogP contribution in [0.25, 0.3) is 0 Å². The Hall–Kier alpha value is -1.62. The summed E-state index contributed by atoms with van der Waals surface area (Å²) in [7, 11) is 0. The molecule has 0 aromatic rings. The molecule has 34 nitrogen and oxygen atoms in total. The van der Waals surface area contributed by atoms with E-state index in [4.69, 9.17) is 77.8 Å². The van der Waals surface area contributed by atoms with Gasteiger partial charge in [0.25, 0.3) is 0 Å². The third-order valence-corrected chi connectivity index (χ3v) is 15.5. The van der Waals surface area contributed by atoms with Crippen LogP contribution >= 0.6 is 0 Å². The molecule has 7 fully saturated rings. The van der Waals surface area contributed by atoms with Crippen LogP contribution in [0.3, 0.4) is 0 Å². The number of hydrogen-bond acceptors (Lipinski definition) is 34. The van der Waals surface area contributed by atoms with Gasteiger partial charge in [0.1, 0.15) is 146 Å². The van der Waals surface area contributed by atoms with E-state index in [0.29, 0.717) is 0 Å². The summed E-state index contributed by atoms with van der Waals surface area (Å²) in [6.07, 6.45) is -54.8. The first-order valence-corrected chi connectivity index (χ1v) is 26.6. The van der Waals surface area contributed by atoms with Crippen molar-refractivity contribution in [1.29, 1.82) is 0 Å². The summed E-state index contributed by atoms with van der Waals surface area (Å²) in [5, 5.41) is 194. The SMILES string of the molecule is C=CCO[C@@H]1OC(CO)[C@H](O)C(O[C@@H]2OC(CO)[C@H](O[C@@H]3OC(CO)[C@H](O)C(O[C@@H]4OC(CO)[C@H](O[C@@H]5OC(CO)[C@H](O)C(O)C5O[C@@H]5OC(C)[C@H](O)C(O)C5O)C(OCC[C@H]5OC(C)[C@@H](O)C(O)C5O)C4N)C3O)C(O)C2N)C1O. The van der Waals surface area contributed by atoms with E-state index < -0.39 is 254 Å². The summed E-state index contributed by atoms with van der Waals surface area (Å²) >= 11 is 0. The molecule has 0 bridgehead atoms. The second-order valence-corrected chi connectivity index (χ2v) is 21.0. The van der Waals surface area contributed by atoms with Crippen LogP contribution in [-0.2, 0) is 66.3 Å². The Kier molecular flexibility index (Phi) is 24.3. The molecule has 35 atom stereocenters. The number of aliphatic hydroxyl groups is 18. The van der Waals surface area contributed by atoms with Gasteiger partial charge in [-0.25, -0.2) is 0 Å². The van der Waals surface area contributed by atoms with Crippen molar-refractivity contribution in [2.75, 3.05) is 46.2 Å². The van der Waals surface area contributed by atoms with Gasteiger partial charge in [0.05, 0.1) is 70.0 Å². The Balaban J connectivity index is 1.12. The lowest BCUT2D eigenvalue weighted by atomic mass is 9.93. The van der Waals surface area contributed by atoms with Crippen LogP contribution in [0.15, 0.2) is 12.7 Å². The molecule has 81 heavy (non-hydrogen) atoms. The molecule has 0 radical (unpaired) electrons. The van der Waals surface area contributed by atoms with Crippen LogP contribution < -0.4 is 11.5 Å². The highest BCUT2D eigenvalue weighted by Crippen LogP contribution is 2.38. The average molecular weight is 1190 g/mol. The molecule has 7 heterocycles. The molecule has 0 aromatic carbocycles. The summed E-state index contributed by atoms with van der Waals surface area (Å²) in [5.74, 6) is 0. The van der Waals surface area contributed by atoms with Gasteiger partial charge in [-0.3, -0.25) is 0 Å². The van der Waals surface area contributed by atoms with Crippen molar-refractivity contribution in [3.63, 3.8) is 0 Å². The first kappa shape index (κ1) is 66.9. The van der Waals surface area contributed by atoms with Crippen molar-refractivity contribution >= 4 is 0 Å². The van der Waals surface area contributed by atoms with Gasteiger partial charge in [0, 0.05) is 6.61 Å². The van der Waals surface area contributed by atoms with E-state index in [1.54, 1.807) is 0 Å². The number of aliphatic hydroxyl groups excluding tert-OH is 18. The van der Waals surface area contributed by atoms with Crippen molar-refractivity contribution in [2.45, 2.75) is 235 Å². The van der Waals surface area contributed by atoms with Crippen LogP contribution in [0, 0.1) is 0 Å². The average Bonchev–Trinajstić information content (AvgIpc) is 3.45. The summed E-state index contributed by atoms with van der Waals surface area (Å²) < 4.78 is 82.0. The zero-order valence-electron chi connectivity index (χ0n) is 44.1. The van der Waals surface area contributed by atoms with Crippen LogP contribution in [0.5, 0.6) is 0 Å². The molecule has 0 saturated carbocycles. The molecular weight excluding hydrogens is 1100 g/mol. The smallest absolute Gasteiger partial charge is 0.187 e. The van der Waals surface area contributed by atoms with Crippen LogP contribution in [0.2, 0.25) is 0 Å². The van der Waals surface area contributed by atoms with Gasteiger partial charge in [-0.2, -0.15) is 0 Å². The third-order valence-electron chi connectivity index (χ3n) is 15.5. The monoisotopic (exact) mass is 1190 g/mol. The van der Waals surface area contributed by atoms with Crippen LogP contribution in [-0.4, -0.2) is 353 Å². The van der Waals surface area contributed by atoms with Crippen molar-refractivity contribution in [2.24, 2.45) is 11.5 Å². The summed E-state index contributed by atoms with van der Waals surface area (Å²) in [6.45, 7) is 1.15. The maximum absolute atomic E-state index is 11.9. The van der Waals surface area contributed by atoms with Gasteiger partial charge in [-0.15, -0.1) is 6.58 Å².